The van der Waals surface area contributed by atoms with Gasteiger partial charge in [0.15, 0.2) is 0 Å². The normalized spacial score (nSPS) is 10.9. The summed E-state index contributed by atoms with van der Waals surface area (Å²) < 4.78 is 10.8. The monoisotopic (exact) mass is 334 g/mol. The van der Waals surface area contributed by atoms with E-state index in [1.165, 1.54) is 0 Å². The maximum Gasteiger partial charge on any atom is 0.374 e. The molecule has 0 atom stereocenters. The van der Waals surface area contributed by atoms with Crippen LogP contribution in [0.3, 0.4) is 0 Å². The van der Waals surface area contributed by atoms with E-state index in [1.54, 1.807) is 31.2 Å². The lowest BCUT2D eigenvalue weighted by Crippen LogP contribution is -2.04. The summed E-state index contributed by atoms with van der Waals surface area (Å²) in [5.41, 5.74) is 1.90. The highest BCUT2D eigenvalue weighted by Crippen LogP contribution is 2.39. The summed E-state index contributed by atoms with van der Waals surface area (Å²) in [4.78, 5) is 12.2. The van der Waals surface area contributed by atoms with E-state index in [1.807, 2.05) is 18.2 Å². The van der Waals surface area contributed by atoms with E-state index in [0.29, 0.717) is 26.8 Å². The average Bonchev–Trinajstić information content (AvgIpc) is 2.87. The first-order chi connectivity index (χ1) is 10.6. The maximum atomic E-state index is 12.2. The zero-order valence-corrected chi connectivity index (χ0v) is 13.2. The first-order valence-electron chi connectivity index (χ1n) is 6.76. The molecule has 0 N–H and O–H groups in total. The van der Waals surface area contributed by atoms with Gasteiger partial charge in [-0.1, -0.05) is 47.5 Å². The summed E-state index contributed by atoms with van der Waals surface area (Å²) in [5.74, 6) is -0.369. The molecule has 3 rings (SSSR count). The second kappa shape index (κ2) is 6.03. The van der Waals surface area contributed by atoms with Crippen LogP contribution in [0.25, 0.3) is 22.1 Å². The number of fused-ring (bicyclic) bond motifs is 1. The van der Waals surface area contributed by atoms with Gasteiger partial charge >= 0.3 is 5.97 Å². The third kappa shape index (κ3) is 2.58. The first-order valence-corrected chi connectivity index (χ1v) is 7.51. The molecular formula is C17H12Cl2O3. The number of hydrogen-bond acceptors (Lipinski definition) is 3. The Labute approximate surface area is 137 Å². The fourth-order valence-corrected chi connectivity index (χ4v) is 2.85. The molecule has 0 bridgehead atoms. The Kier molecular flexibility index (Phi) is 4.10. The molecule has 3 nitrogen and oxygen atoms in total. The number of carbonyl (C=O) groups is 1. The van der Waals surface area contributed by atoms with Crippen LogP contribution in [0.1, 0.15) is 17.5 Å². The molecule has 0 saturated heterocycles. The van der Waals surface area contributed by atoms with Crippen molar-refractivity contribution in [1.29, 1.82) is 0 Å². The molecule has 3 aromatic rings. The van der Waals surface area contributed by atoms with E-state index in [-0.39, 0.29) is 12.4 Å². The van der Waals surface area contributed by atoms with E-state index < -0.39 is 5.97 Å². The van der Waals surface area contributed by atoms with Gasteiger partial charge in [-0.15, -0.1) is 0 Å². The molecule has 0 spiro atoms. The highest BCUT2D eigenvalue weighted by Gasteiger charge is 2.24. The molecule has 0 radical (unpaired) electrons. The Morgan fingerprint density at radius 3 is 2.68 bits per heavy atom. The van der Waals surface area contributed by atoms with Gasteiger partial charge in [-0.05, 0) is 25.1 Å². The Hall–Kier alpha value is -1.97. The van der Waals surface area contributed by atoms with Gasteiger partial charge < -0.3 is 9.15 Å². The standard InChI is InChI=1S/C17H12Cl2O3/c1-2-21-17(20)16-15(11-8-7-10(18)9-13(11)19)12-5-3-4-6-14(12)22-16/h3-9H,2H2,1H3. The molecule has 0 saturated carbocycles. The van der Waals surface area contributed by atoms with Gasteiger partial charge in [-0.25, -0.2) is 4.79 Å². The molecule has 0 aliphatic heterocycles. The lowest BCUT2D eigenvalue weighted by Gasteiger charge is -2.06. The predicted molar refractivity (Wildman–Crippen MR) is 87.6 cm³/mol. The van der Waals surface area contributed by atoms with Gasteiger partial charge in [0.25, 0.3) is 0 Å². The molecule has 0 fully saturated rings. The summed E-state index contributed by atoms with van der Waals surface area (Å²) in [6, 6.07) is 12.5. The zero-order valence-electron chi connectivity index (χ0n) is 11.7. The second-order valence-electron chi connectivity index (χ2n) is 4.65. The summed E-state index contributed by atoms with van der Waals surface area (Å²) >= 11 is 12.2. The molecule has 22 heavy (non-hydrogen) atoms. The van der Waals surface area contributed by atoms with Crippen molar-refractivity contribution in [3.8, 4) is 11.1 Å². The summed E-state index contributed by atoms with van der Waals surface area (Å²) in [6.07, 6.45) is 0. The van der Waals surface area contributed by atoms with Crippen molar-refractivity contribution >= 4 is 40.1 Å². The van der Waals surface area contributed by atoms with Gasteiger partial charge in [-0.3, -0.25) is 0 Å². The Bertz CT molecular complexity index is 852. The SMILES string of the molecule is CCOC(=O)c1oc2ccccc2c1-c1ccc(Cl)cc1Cl. The molecule has 0 amide bonds. The fraction of sp³-hybridized carbons (Fsp3) is 0.118. The maximum absolute atomic E-state index is 12.2. The molecule has 1 aromatic heterocycles. The van der Waals surface area contributed by atoms with Crippen LogP contribution in [-0.4, -0.2) is 12.6 Å². The molecule has 2 aromatic carbocycles. The van der Waals surface area contributed by atoms with Crippen molar-refractivity contribution in [2.45, 2.75) is 6.92 Å². The fourth-order valence-electron chi connectivity index (χ4n) is 2.35. The molecule has 112 valence electrons. The van der Waals surface area contributed by atoms with Gasteiger partial charge in [-0.2, -0.15) is 0 Å². The lowest BCUT2D eigenvalue weighted by atomic mass is 10.0. The van der Waals surface area contributed by atoms with Crippen LogP contribution in [0.2, 0.25) is 10.0 Å². The van der Waals surface area contributed by atoms with Crippen molar-refractivity contribution in [2.75, 3.05) is 6.61 Å². The number of esters is 1. The Balaban J connectivity index is 2.30. The van der Waals surface area contributed by atoms with Crippen molar-refractivity contribution in [3.63, 3.8) is 0 Å². The molecule has 0 aliphatic rings. The predicted octanol–water partition coefficient (Wildman–Crippen LogP) is 5.58. The van der Waals surface area contributed by atoms with Crippen molar-refractivity contribution in [2.24, 2.45) is 0 Å². The molecule has 1 heterocycles. The first kappa shape index (κ1) is 14.9. The minimum atomic E-state index is -0.514. The lowest BCUT2D eigenvalue weighted by molar-refractivity contribution is 0.0494. The summed E-state index contributed by atoms with van der Waals surface area (Å²) in [6.45, 7) is 2.01. The topological polar surface area (TPSA) is 39.4 Å². The largest absolute Gasteiger partial charge is 0.460 e. The average molecular weight is 335 g/mol. The number of ether oxygens (including phenoxy) is 1. The smallest absolute Gasteiger partial charge is 0.374 e. The number of para-hydroxylation sites is 1. The van der Waals surface area contributed by atoms with Crippen LogP contribution in [-0.2, 0) is 4.74 Å². The van der Waals surface area contributed by atoms with Crippen LogP contribution in [0.4, 0.5) is 0 Å². The highest BCUT2D eigenvalue weighted by molar-refractivity contribution is 6.37. The van der Waals surface area contributed by atoms with Gasteiger partial charge in [0.2, 0.25) is 5.76 Å². The Morgan fingerprint density at radius 1 is 1.18 bits per heavy atom. The minimum Gasteiger partial charge on any atom is -0.460 e. The molecule has 5 heteroatoms. The van der Waals surface area contributed by atoms with Crippen LogP contribution < -0.4 is 0 Å². The van der Waals surface area contributed by atoms with Crippen molar-refractivity contribution < 1.29 is 13.9 Å². The van der Waals surface area contributed by atoms with E-state index in [4.69, 9.17) is 32.4 Å². The van der Waals surface area contributed by atoms with Crippen LogP contribution in [0, 0.1) is 0 Å². The number of furan rings is 1. The number of halogens is 2. The third-order valence-electron chi connectivity index (χ3n) is 3.26. The van der Waals surface area contributed by atoms with E-state index >= 15 is 0 Å². The number of benzene rings is 2. The second-order valence-corrected chi connectivity index (χ2v) is 5.49. The van der Waals surface area contributed by atoms with Crippen LogP contribution >= 0.6 is 23.2 Å². The van der Waals surface area contributed by atoms with E-state index in [0.717, 1.165) is 5.39 Å². The summed E-state index contributed by atoms with van der Waals surface area (Å²) in [7, 11) is 0. The molecule has 0 unspecified atom stereocenters. The highest BCUT2D eigenvalue weighted by atomic mass is 35.5. The third-order valence-corrected chi connectivity index (χ3v) is 3.80. The van der Waals surface area contributed by atoms with Crippen LogP contribution in [0.5, 0.6) is 0 Å². The van der Waals surface area contributed by atoms with Crippen LogP contribution in [0.15, 0.2) is 46.9 Å². The van der Waals surface area contributed by atoms with E-state index in [2.05, 4.69) is 0 Å². The quantitative estimate of drug-likeness (QED) is 0.586. The van der Waals surface area contributed by atoms with Gasteiger partial charge in [0.1, 0.15) is 5.58 Å². The van der Waals surface area contributed by atoms with Crippen molar-refractivity contribution in [1.82, 2.24) is 0 Å². The summed E-state index contributed by atoms with van der Waals surface area (Å²) in [5, 5.41) is 1.78. The van der Waals surface area contributed by atoms with E-state index in [9.17, 15) is 4.79 Å². The zero-order chi connectivity index (χ0) is 15.7. The molecule has 0 aliphatic carbocycles. The Morgan fingerprint density at radius 2 is 1.95 bits per heavy atom. The number of hydrogen-bond donors (Lipinski definition) is 0. The molecular weight excluding hydrogens is 323 g/mol. The van der Waals surface area contributed by atoms with Crippen molar-refractivity contribution in [3.05, 3.63) is 58.3 Å². The van der Waals surface area contributed by atoms with Gasteiger partial charge in [0, 0.05) is 21.5 Å². The number of carbonyl (C=O) groups excluding carboxylic acids is 1. The van der Waals surface area contributed by atoms with Gasteiger partial charge in [0.05, 0.1) is 11.6 Å². The number of rotatable bonds is 3. The minimum absolute atomic E-state index is 0.146.